The third kappa shape index (κ3) is 14.6. The minimum Gasteiger partial charge on any atom is -0.460 e. The summed E-state index contributed by atoms with van der Waals surface area (Å²) in [7, 11) is 2.95. The van der Waals surface area contributed by atoms with Gasteiger partial charge in [-0.2, -0.15) is 0 Å². The summed E-state index contributed by atoms with van der Waals surface area (Å²) in [6.45, 7) is 15.1. The molecular weight excluding hydrogens is 847 g/mol. The molecule has 3 aliphatic heterocycles. The Morgan fingerprint density at radius 2 is 1.61 bits per heavy atom. The summed E-state index contributed by atoms with van der Waals surface area (Å²) in [5, 5.41) is 33.9. The molecule has 14 heteroatoms. The smallest absolute Gasteiger partial charge is 0.329 e. The monoisotopic (exact) mass is 928 g/mol. The highest BCUT2D eigenvalue weighted by atomic mass is 16.6. The van der Waals surface area contributed by atoms with E-state index in [1.165, 1.54) is 12.0 Å². The van der Waals surface area contributed by atoms with Crippen LogP contribution in [0.4, 0.5) is 0 Å². The Bertz CT molecular complexity index is 1770. The number of nitrogens with zero attached hydrogens (tertiary/aromatic N) is 1. The Kier molecular flexibility index (Phi) is 21.6. The molecule has 4 rings (SSSR count). The zero-order valence-electron chi connectivity index (χ0n) is 41.3. The maximum atomic E-state index is 14.4. The van der Waals surface area contributed by atoms with Gasteiger partial charge in [0.15, 0.2) is 5.78 Å². The molecule has 0 aromatic rings. The number of allylic oxidation sites excluding steroid dienone is 6. The van der Waals surface area contributed by atoms with Crippen LogP contribution in [0.25, 0.3) is 0 Å². The van der Waals surface area contributed by atoms with Crippen LogP contribution in [0.5, 0.6) is 0 Å². The van der Waals surface area contributed by atoms with Gasteiger partial charge in [0, 0.05) is 58.0 Å². The van der Waals surface area contributed by atoms with Gasteiger partial charge < -0.3 is 43.9 Å². The van der Waals surface area contributed by atoms with E-state index in [2.05, 4.69) is 0 Å². The molecule has 4 aliphatic rings. The predicted molar refractivity (Wildman–Crippen MR) is 250 cm³/mol. The average molecular weight is 928 g/mol. The molecule has 0 aromatic heterocycles. The summed E-state index contributed by atoms with van der Waals surface area (Å²) < 4.78 is 29.7. The van der Waals surface area contributed by atoms with E-state index in [1.807, 2.05) is 65.0 Å². The number of ketones is 3. The first-order valence-corrected chi connectivity index (χ1v) is 24.5. The molecule has 1 amide bonds. The second kappa shape index (κ2) is 25.8. The van der Waals surface area contributed by atoms with Crippen LogP contribution in [0.2, 0.25) is 0 Å². The van der Waals surface area contributed by atoms with Crippen molar-refractivity contribution in [1.29, 1.82) is 0 Å². The van der Waals surface area contributed by atoms with Crippen molar-refractivity contribution in [3.8, 4) is 0 Å². The fourth-order valence-corrected chi connectivity index (χ4v) is 10.2. The van der Waals surface area contributed by atoms with Gasteiger partial charge in [-0.15, -0.1) is 0 Å². The number of piperidine rings is 1. The van der Waals surface area contributed by atoms with Crippen molar-refractivity contribution in [2.45, 2.75) is 187 Å². The number of rotatable bonds is 7. The Morgan fingerprint density at radius 3 is 2.29 bits per heavy atom. The molecule has 0 spiro atoms. The van der Waals surface area contributed by atoms with Crippen LogP contribution in [0.3, 0.4) is 0 Å². The number of fused-ring (bicyclic) bond motifs is 3. The van der Waals surface area contributed by atoms with Crippen molar-refractivity contribution in [1.82, 2.24) is 4.90 Å². The van der Waals surface area contributed by atoms with Crippen LogP contribution in [-0.4, -0.2) is 131 Å². The minimum absolute atomic E-state index is 0.0188. The van der Waals surface area contributed by atoms with E-state index >= 15 is 0 Å². The highest BCUT2D eigenvalue weighted by Gasteiger charge is 2.53. The summed E-state index contributed by atoms with van der Waals surface area (Å²) >= 11 is 0. The number of methoxy groups -OCH3 is 2. The molecule has 372 valence electrons. The molecule has 0 aromatic carbocycles. The first-order chi connectivity index (χ1) is 31.2. The second-order valence-corrected chi connectivity index (χ2v) is 19.8. The number of esters is 1. The molecule has 66 heavy (non-hydrogen) atoms. The first-order valence-electron chi connectivity index (χ1n) is 24.5. The quantitative estimate of drug-likeness (QED) is 0.141. The SMILES string of the molecule is CCO[C@H]1C[C@@H]2CC[C@@H](C)[C@@](O)(O2)C(=O)C(=O)N2CCCC[C@H]2C(=O)O[C@H](C(C)C[C@H]2CC[C@@H](O)[C@H](OC)C2)CC(=O)[C@H](C)/C=C(\C)[C@@H](O)[C@@H](OC)C(=O)[C@H](C)C[C@H](C)/C=C/C=CC=C1C. The van der Waals surface area contributed by atoms with Crippen molar-refractivity contribution in [2.75, 3.05) is 27.4 Å². The number of ether oxygens (including phenoxy) is 5. The van der Waals surface area contributed by atoms with E-state index in [4.69, 9.17) is 23.7 Å². The lowest BCUT2D eigenvalue weighted by atomic mass is 9.78. The molecule has 3 heterocycles. The highest BCUT2D eigenvalue weighted by molar-refractivity contribution is 6.39. The van der Waals surface area contributed by atoms with Gasteiger partial charge in [0.25, 0.3) is 11.7 Å². The first kappa shape index (κ1) is 55.2. The zero-order valence-corrected chi connectivity index (χ0v) is 41.3. The predicted octanol–water partition coefficient (Wildman–Crippen LogP) is 6.57. The molecule has 2 bridgehead atoms. The highest BCUT2D eigenvalue weighted by Crippen LogP contribution is 2.38. The van der Waals surface area contributed by atoms with E-state index in [0.717, 1.165) is 12.0 Å². The molecular formula is C52H81NO13. The molecule has 1 unspecified atom stereocenters. The van der Waals surface area contributed by atoms with Crippen molar-refractivity contribution >= 4 is 29.2 Å². The topological polar surface area (TPSA) is 195 Å². The molecule has 0 radical (unpaired) electrons. The van der Waals surface area contributed by atoms with E-state index in [-0.39, 0.29) is 54.8 Å². The van der Waals surface area contributed by atoms with Crippen LogP contribution in [-0.2, 0) is 47.7 Å². The average Bonchev–Trinajstić information content (AvgIpc) is 3.29. The number of aliphatic hydroxyl groups excluding tert-OH is 2. The fraction of sp³-hybridized carbons (Fsp3) is 0.750. The molecule has 2 saturated heterocycles. The van der Waals surface area contributed by atoms with Gasteiger partial charge in [0.05, 0.1) is 24.4 Å². The van der Waals surface area contributed by atoms with Crippen LogP contribution in [0.15, 0.2) is 47.6 Å². The standard InChI is InChI=1S/C52H81NO13/c1-11-64-43-29-39-22-20-37(8)52(61,66-39)49(58)50(59)53-24-16-15-19-40(53)51(60)65-44(34(5)27-38-21-23-41(54)45(28-38)62-9)30-42(55)33(4)26-36(7)47(57)48(63-10)46(56)35(6)25-31(2)17-13-12-14-18-32(43)3/h12-14,17-18,26,31,33-35,37-41,43-45,47-48,54,57,61H,11,15-16,19-25,27-30H2,1-10H3/b14-12?,17-13+,32-18?,36-26+/t31-,33-,34?,35-,37-,38-,39+,40+,41-,43+,44+,45-,47-,48+,52-/m1/s1. The molecule has 1 saturated carbocycles. The second-order valence-electron chi connectivity index (χ2n) is 19.8. The minimum atomic E-state index is -2.43. The number of carbonyl (C=O) groups excluding carboxylic acids is 5. The van der Waals surface area contributed by atoms with Gasteiger partial charge in [-0.3, -0.25) is 19.2 Å². The number of cyclic esters (lactones) is 1. The fourth-order valence-electron chi connectivity index (χ4n) is 10.2. The van der Waals surface area contributed by atoms with E-state index in [0.29, 0.717) is 70.0 Å². The largest absolute Gasteiger partial charge is 0.460 e. The maximum Gasteiger partial charge on any atom is 0.329 e. The number of carbonyl (C=O) groups is 5. The van der Waals surface area contributed by atoms with Gasteiger partial charge in [-0.1, -0.05) is 71.1 Å². The molecule has 3 N–H and O–H groups in total. The van der Waals surface area contributed by atoms with Gasteiger partial charge in [-0.05, 0) is 114 Å². The Balaban J connectivity index is 1.71. The third-order valence-electron chi connectivity index (χ3n) is 14.6. The summed E-state index contributed by atoms with van der Waals surface area (Å²) in [5.74, 6) is -7.95. The van der Waals surface area contributed by atoms with Crippen LogP contribution in [0.1, 0.15) is 132 Å². The van der Waals surface area contributed by atoms with Gasteiger partial charge >= 0.3 is 5.97 Å². The summed E-state index contributed by atoms with van der Waals surface area (Å²) in [5.41, 5.74) is 1.29. The van der Waals surface area contributed by atoms with Crippen molar-refractivity contribution in [3.05, 3.63) is 47.6 Å². The summed E-state index contributed by atoms with van der Waals surface area (Å²) in [6, 6.07) is -1.14. The normalized spacial score (nSPS) is 38.7. The van der Waals surface area contributed by atoms with Crippen molar-refractivity contribution in [2.24, 2.45) is 35.5 Å². The zero-order chi connectivity index (χ0) is 48.9. The molecule has 3 fully saturated rings. The number of aliphatic hydroxyl groups is 3. The molecule has 14 nitrogen and oxygen atoms in total. The van der Waals surface area contributed by atoms with Gasteiger partial charge in [-0.25, -0.2) is 4.79 Å². The number of amides is 1. The maximum absolute atomic E-state index is 14.4. The Hall–Kier alpha value is -3.37. The molecule has 1 aliphatic carbocycles. The number of hydrogen-bond acceptors (Lipinski definition) is 13. The van der Waals surface area contributed by atoms with E-state index in [9.17, 15) is 39.3 Å². The lowest BCUT2D eigenvalue weighted by molar-refractivity contribution is -0.266. The summed E-state index contributed by atoms with van der Waals surface area (Å²) in [4.78, 5) is 71.9. The Morgan fingerprint density at radius 1 is 0.879 bits per heavy atom. The van der Waals surface area contributed by atoms with Crippen molar-refractivity contribution < 1.29 is 63.0 Å². The van der Waals surface area contributed by atoms with Crippen LogP contribution < -0.4 is 0 Å². The number of Topliss-reactive ketones (excluding diaryl/α,β-unsaturated/α-hetero) is 3. The Labute approximate surface area is 393 Å². The lowest BCUT2D eigenvalue weighted by Crippen LogP contribution is -2.61. The van der Waals surface area contributed by atoms with Crippen molar-refractivity contribution in [3.63, 3.8) is 0 Å². The van der Waals surface area contributed by atoms with Gasteiger partial charge in [0.1, 0.15) is 30.1 Å². The summed E-state index contributed by atoms with van der Waals surface area (Å²) in [6.07, 6.45) is 11.3. The van der Waals surface area contributed by atoms with E-state index < -0.39 is 83.9 Å². The van der Waals surface area contributed by atoms with Crippen LogP contribution in [0, 0.1) is 35.5 Å². The third-order valence-corrected chi connectivity index (χ3v) is 14.6. The van der Waals surface area contributed by atoms with Gasteiger partial charge in [0.2, 0.25) is 5.79 Å². The lowest BCUT2D eigenvalue weighted by Gasteiger charge is -2.43. The van der Waals surface area contributed by atoms with Crippen LogP contribution >= 0.6 is 0 Å². The number of hydrogen-bond donors (Lipinski definition) is 3. The molecule has 15 atom stereocenters. The van der Waals surface area contributed by atoms with E-state index in [1.54, 1.807) is 34.0 Å².